The fraction of sp³-hybridized carbons (Fsp3) is 0.385. The van der Waals surface area contributed by atoms with E-state index in [9.17, 15) is 14.4 Å². The first-order valence-electron chi connectivity index (χ1n) is 11.7. The van der Waals surface area contributed by atoms with Crippen molar-refractivity contribution in [2.75, 3.05) is 13.7 Å². The van der Waals surface area contributed by atoms with Crippen molar-refractivity contribution in [2.45, 2.75) is 47.3 Å². The molecule has 0 unspecified atom stereocenters. The number of imidazole rings is 1. The minimum Gasteiger partial charge on any atom is -0.383 e. The molecule has 0 aliphatic rings. The maximum absolute atomic E-state index is 13.5. The van der Waals surface area contributed by atoms with Gasteiger partial charge in [0.2, 0.25) is 0 Å². The van der Waals surface area contributed by atoms with Crippen LogP contribution in [0, 0.1) is 19.8 Å². The van der Waals surface area contributed by atoms with E-state index in [1.54, 1.807) is 18.0 Å². The zero-order valence-corrected chi connectivity index (χ0v) is 20.8. The Morgan fingerprint density at radius 3 is 2.46 bits per heavy atom. The van der Waals surface area contributed by atoms with Crippen molar-refractivity contribution in [2.24, 2.45) is 5.92 Å². The third-order valence-electron chi connectivity index (χ3n) is 6.12. The van der Waals surface area contributed by atoms with E-state index in [0.717, 1.165) is 21.6 Å². The Balaban J connectivity index is 1.81. The van der Waals surface area contributed by atoms with Gasteiger partial charge in [-0.15, -0.1) is 0 Å². The van der Waals surface area contributed by atoms with E-state index in [1.165, 1.54) is 4.57 Å². The molecule has 184 valence electrons. The van der Waals surface area contributed by atoms with E-state index in [4.69, 9.17) is 4.74 Å². The number of carbonyl (C=O) groups is 1. The smallest absolute Gasteiger partial charge is 0.333 e. The zero-order chi connectivity index (χ0) is 25.3. The van der Waals surface area contributed by atoms with Crippen molar-refractivity contribution >= 4 is 16.9 Å². The normalized spacial score (nSPS) is 11.6. The molecule has 35 heavy (non-hydrogen) atoms. The molecule has 0 atom stereocenters. The topological polar surface area (TPSA) is 93.1 Å². The van der Waals surface area contributed by atoms with Gasteiger partial charge in [-0.3, -0.25) is 18.7 Å². The van der Waals surface area contributed by atoms with E-state index in [1.807, 2.05) is 68.7 Å². The Hall–Kier alpha value is -3.72. The summed E-state index contributed by atoms with van der Waals surface area (Å²) in [6.07, 6.45) is 1.54. The van der Waals surface area contributed by atoms with Gasteiger partial charge in [0.15, 0.2) is 16.9 Å². The summed E-state index contributed by atoms with van der Waals surface area (Å²) in [5.41, 5.74) is 2.67. The first kappa shape index (κ1) is 24.4. The molecule has 0 fully saturated rings. The highest BCUT2D eigenvalue weighted by molar-refractivity contribution is 5.97. The standard InChI is InChI=1S/C26H31N5O4/c1-17(2)14-29-24-23(28(16-27-24)11-12-35-5)25(33)30(26(29)34)15-22(32)21-13-18(3)31(19(21)4)20-9-7-6-8-10-20/h6-10,13,16-17H,11-12,14-15H2,1-5H3. The molecular weight excluding hydrogens is 446 g/mol. The van der Waals surface area contributed by atoms with E-state index >= 15 is 0 Å². The fourth-order valence-electron chi connectivity index (χ4n) is 4.52. The second-order valence-electron chi connectivity index (χ2n) is 9.16. The van der Waals surface area contributed by atoms with Crippen LogP contribution in [0.25, 0.3) is 16.9 Å². The second-order valence-corrected chi connectivity index (χ2v) is 9.16. The van der Waals surface area contributed by atoms with Crippen LogP contribution >= 0.6 is 0 Å². The number of nitrogens with zero attached hydrogens (tertiary/aromatic N) is 5. The molecule has 0 bridgehead atoms. The van der Waals surface area contributed by atoms with Gasteiger partial charge in [0.05, 0.1) is 19.5 Å². The molecule has 0 aliphatic heterocycles. The maximum atomic E-state index is 13.5. The molecule has 9 heteroatoms. The lowest BCUT2D eigenvalue weighted by Crippen LogP contribution is -2.42. The highest BCUT2D eigenvalue weighted by Crippen LogP contribution is 2.21. The quantitative estimate of drug-likeness (QED) is 0.346. The number of aromatic nitrogens is 5. The first-order valence-corrected chi connectivity index (χ1v) is 11.7. The van der Waals surface area contributed by atoms with E-state index in [-0.39, 0.29) is 18.2 Å². The highest BCUT2D eigenvalue weighted by Gasteiger charge is 2.23. The lowest BCUT2D eigenvalue weighted by atomic mass is 10.1. The van der Waals surface area contributed by atoms with Crippen LogP contribution in [0.4, 0.5) is 0 Å². The van der Waals surface area contributed by atoms with Crippen LogP contribution in [0.2, 0.25) is 0 Å². The van der Waals surface area contributed by atoms with E-state index in [2.05, 4.69) is 4.98 Å². The van der Waals surface area contributed by atoms with Gasteiger partial charge in [0.25, 0.3) is 5.56 Å². The van der Waals surface area contributed by atoms with Crippen LogP contribution in [0.5, 0.6) is 0 Å². The number of aryl methyl sites for hydroxylation is 1. The van der Waals surface area contributed by atoms with Crippen molar-refractivity contribution in [3.05, 3.63) is 80.5 Å². The lowest BCUT2D eigenvalue weighted by molar-refractivity contribution is 0.0968. The summed E-state index contributed by atoms with van der Waals surface area (Å²) in [5, 5.41) is 0. The van der Waals surface area contributed by atoms with Gasteiger partial charge in [-0.1, -0.05) is 32.0 Å². The molecule has 3 heterocycles. The van der Waals surface area contributed by atoms with Crippen LogP contribution in [0.15, 0.2) is 52.3 Å². The number of para-hydroxylation sites is 1. The largest absolute Gasteiger partial charge is 0.383 e. The number of methoxy groups -OCH3 is 1. The molecule has 3 aromatic heterocycles. The number of hydrogen-bond acceptors (Lipinski definition) is 5. The molecule has 0 saturated carbocycles. The van der Waals surface area contributed by atoms with Crippen LogP contribution in [0.1, 0.15) is 35.6 Å². The molecule has 0 amide bonds. The van der Waals surface area contributed by atoms with Gasteiger partial charge in [0.1, 0.15) is 0 Å². The maximum Gasteiger partial charge on any atom is 0.333 e. The van der Waals surface area contributed by atoms with Crippen LogP contribution in [0.3, 0.4) is 0 Å². The number of Topliss-reactive ketones (excluding diaryl/α,β-unsaturated/α-hetero) is 1. The van der Waals surface area contributed by atoms with Gasteiger partial charge in [-0.05, 0) is 38.0 Å². The molecular formula is C26H31N5O4. The van der Waals surface area contributed by atoms with Crippen molar-refractivity contribution in [1.82, 2.24) is 23.3 Å². The Morgan fingerprint density at radius 1 is 1.09 bits per heavy atom. The molecule has 0 radical (unpaired) electrons. The third-order valence-corrected chi connectivity index (χ3v) is 6.12. The molecule has 9 nitrogen and oxygen atoms in total. The lowest BCUT2D eigenvalue weighted by Gasteiger charge is -2.14. The second kappa shape index (κ2) is 9.87. The van der Waals surface area contributed by atoms with Gasteiger partial charge in [-0.2, -0.15) is 0 Å². The molecule has 4 aromatic rings. The molecule has 0 saturated heterocycles. The number of benzene rings is 1. The monoisotopic (exact) mass is 477 g/mol. The zero-order valence-electron chi connectivity index (χ0n) is 20.8. The van der Waals surface area contributed by atoms with E-state index < -0.39 is 11.2 Å². The summed E-state index contributed by atoms with van der Waals surface area (Å²) in [4.78, 5) is 44.7. The van der Waals surface area contributed by atoms with Crippen LogP contribution in [-0.4, -0.2) is 42.8 Å². The SMILES string of the molecule is COCCn1cnc2c1c(=O)n(CC(=O)c1cc(C)n(-c3ccccc3)c1C)c(=O)n2CC(C)C. The molecule has 0 N–H and O–H groups in total. The Labute approximate surface area is 203 Å². The predicted octanol–water partition coefficient (Wildman–Crippen LogP) is 2.95. The van der Waals surface area contributed by atoms with Crippen molar-refractivity contribution in [3.8, 4) is 5.69 Å². The van der Waals surface area contributed by atoms with Crippen molar-refractivity contribution in [3.63, 3.8) is 0 Å². The van der Waals surface area contributed by atoms with Crippen LogP contribution < -0.4 is 11.2 Å². The van der Waals surface area contributed by atoms with Gasteiger partial charge in [-0.25, -0.2) is 9.78 Å². The molecule has 1 aromatic carbocycles. The Morgan fingerprint density at radius 2 is 1.80 bits per heavy atom. The third kappa shape index (κ3) is 4.51. The summed E-state index contributed by atoms with van der Waals surface area (Å²) < 4.78 is 11.4. The summed E-state index contributed by atoms with van der Waals surface area (Å²) in [6.45, 7) is 8.61. The van der Waals surface area contributed by atoms with Crippen molar-refractivity contribution < 1.29 is 9.53 Å². The summed E-state index contributed by atoms with van der Waals surface area (Å²) in [5.74, 6) is -0.149. The Kier molecular flexibility index (Phi) is 6.88. The highest BCUT2D eigenvalue weighted by atomic mass is 16.5. The van der Waals surface area contributed by atoms with E-state index in [0.29, 0.717) is 36.4 Å². The number of hydrogen-bond donors (Lipinski definition) is 0. The number of ketones is 1. The molecule has 0 spiro atoms. The number of ether oxygens (including phenoxy) is 1. The number of fused-ring (bicyclic) bond motifs is 1. The number of rotatable bonds is 9. The summed E-state index contributed by atoms with van der Waals surface area (Å²) in [7, 11) is 1.58. The fourth-order valence-corrected chi connectivity index (χ4v) is 4.52. The average molecular weight is 478 g/mol. The molecule has 0 aliphatic carbocycles. The summed E-state index contributed by atoms with van der Waals surface area (Å²) >= 11 is 0. The van der Waals surface area contributed by atoms with Crippen LogP contribution in [-0.2, 0) is 24.4 Å². The molecule has 4 rings (SSSR count). The average Bonchev–Trinajstić information content (AvgIpc) is 3.38. The Bertz CT molecular complexity index is 1490. The minimum atomic E-state index is -0.529. The number of carbonyl (C=O) groups excluding carboxylic acids is 1. The minimum absolute atomic E-state index is 0.145. The summed E-state index contributed by atoms with van der Waals surface area (Å²) in [6, 6.07) is 11.6. The van der Waals surface area contributed by atoms with Crippen molar-refractivity contribution in [1.29, 1.82) is 0 Å². The van der Waals surface area contributed by atoms with Gasteiger partial charge >= 0.3 is 5.69 Å². The van der Waals surface area contributed by atoms with Gasteiger partial charge in [0, 0.05) is 42.8 Å². The first-order chi connectivity index (χ1) is 16.7. The predicted molar refractivity (Wildman–Crippen MR) is 135 cm³/mol. The van der Waals surface area contributed by atoms with Gasteiger partial charge < -0.3 is 13.9 Å².